The number of nitrogens with zero attached hydrogens (tertiary/aromatic N) is 3. The van der Waals surface area contributed by atoms with Crippen LogP contribution >= 0.6 is 11.3 Å². The smallest absolute Gasteiger partial charge is 0.249 e. The van der Waals surface area contributed by atoms with E-state index in [1.165, 1.54) is 0 Å². The van der Waals surface area contributed by atoms with Gasteiger partial charge in [-0.1, -0.05) is 30.3 Å². The highest BCUT2D eigenvalue weighted by atomic mass is 32.1. The lowest BCUT2D eigenvalue weighted by Gasteiger charge is -2.21. The van der Waals surface area contributed by atoms with E-state index in [0.29, 0.717) is 26.1 Å². The first-order valence-electron chi connectivity index (χ1n) is 12.2. The number of carbonyl (C=O) groups is 1. The lowest BCUT2D eigenvalue weighted by Crippen LogP contribution is -2.35. The molecule has 0 saturated heterocycles. The molecule has 2 aromatic carbocycles. The van der Waals surface area contributed by atoms with Gasteiger partial charge in [-0.25, -0.2) is 4.98 Å². The summed E-state index contributed by atoms with van der Waals surface area (Å²) in [5.74, 6) is 2.10. The number of aromatic nitrogens is 2. The molecular formula is C29H29N3O5S. The second-order valence-electron chi connectivity index (χ2n) is 8.70. The maximum Gasteiger partial charge on any atom is 0.249 e. The fourth-order valence-electron chi connectivity index (χ4n) is 4.21. The van der Waals surface area contributed by atoms with Crippen molar-refractivity contribution in [3.8, 4) is 22.8 Å². The summed E-state index contributed by atoms with van der Waals surface area (Å²) in [6.45, 7) is 1.28. The predicted octanol–water partition coefficient (Wildman–Crippen LogP) is 5.46. The Morgan fingerprint density at radius 2 is 1.95 bits per heavy atom. The Bertz CT molecular complexity index is 1480. The van der Waals surface area contributed by atoms with Crippen LogP contribution in [0.25, 0.3) is 16.2 Å². The van der Waals surface area contributed by atoms with Crippen molar-refractivity contribution in [2.75, 3.05) is 27.4 Å². The van der Waals surface area contributed by atoms with Crippen molar-refractivity contribution in [3.05, 3.63) is 95.5 Å². The molecule has 0 atom stereocenters. The highest BCUT2D eigenvalue weighted by Gasteiger charge is 2.18. The SMILES string of the molecule is COc1ccc(OC)c(-c2cn3c(CCN(Cc4ccco4)C(=O)COCc4ccccc4)csc3n2)c1. The van der Waals surface area contributed by atoms with E-state index in [4.69, 9.17) is 23.6 Å². The molecule has 0 radical (unpaired) electrons. The van der Waals surface area contributed by atoms with E-state index in [-0.39, 0.29) is 12.5 Å². The van der Waals surface area contributed by atoms with Gasteiger partial charge in [0.05, 0.1) is 39.3 Å². The van der Waals surface area contributed by atoms with Crippen molar-refractivity contribution in [3.63, 3.8) is 0 Å². The third kappa shape index (κ3) is 5.90. The van der Waals surface area contributed by atoms with Gasteiger partial charge in [-0.15, -0.1) is 11.3 Å². The van der Waals surface area contributed by atoms with Crippen LogP contribution in [0.4, 0.5) is 0 Å². The molecule has 0 bridgehead atoms. The number of furan rings is 1. The minimum atomic E-state index is -0.0868. The third-order valence-electron chi connectivity index (χ3n) is 6.22. The molecule has 0 fully saturated rings. The number of carbonyl (C=O) groups excluding carboxylic acids is 1. The molecule has 0 aliphatic rings. The number of methoxy groups -OCH3 is 2. The predicted molar refractivity (Wildman–Crippen MR) is 146 cm³/mol. The Morgan fingerprint density at radius 3 is 2.71 bits per heavy atom. The zero-order valence-electron chi connectivity index (χ0n) is 21.3. The molecule has 0 N–H and O–H groups in total. The highest BCUT2D eigenvalue weighted by molar-refractivity contribution is 7.15. The number of rotatable bonds is 12. The van der Waals surface area contributed by atoms with E-state index < -0.39 is 0 Å². The van der Waals surface area contributed by atoms with Crippen LogP contribution in [0.15, 0.2) is 82.9 Å². The molecule has 0 aliphatic carbocycles. The maximum atomic E-state index is 13.1. The van der Waals surface area contributed by atoms with E-state index in [2.05, 4.69) is 9.78 Å². The molecule has 9 heteroatoms. The Morgan fingerprint density at radius 1 is 1.08 bits per heavy atom. The second-order valence-corrected chi connectivity index (χ2v) is 9.53. The molecule has 5 aromatic rings. The minimum absolute atomic E-state index is 0.000487. The van der Waals surface area contributed by atoms with Gasteiger partial charge in [-0.3, -0.25) is 9.20 Å². The fourth-order valence-corrected chi connectivity index (χ4v) is 5.11. The van der Waals surface area contributed by atoms with E-state index in [1.54, 1.807) is 36.7 Å². The molecule has 0 spiro atoms. The first kappa shape index (κ1) is 25.6. The van der Waals surface area contributed by atoms with Crippen molar-refractivity contribution in [2.24, 2.45) is 0 Å². The third-order valence-corrected chi connectivity index (χ3v) is 7.11. The Labute approximate surface area is 225 Å². The van der Waals surface area contributed by atoms with Crippen LogP contribution in [0.3, 0.4) is 0 Å². The van der Waals surface area contributed by atoms with Crippen LogP contribution in [-0.4, -0.2) is 47.6 Å². The van der Waals surface area contributed by atoms with Gasteiger partial charge in [0.2, 0.25) is 5.91 Å². The van der Waals surface area contributed by atoms with Gasteiger partial charge in [0.15, 0.2) is 4.96 Å². The monoisotopic (exact) mass is 531 g/mol. The molecule has 196 valence electrons. The Hall–Kier alpha value is -4.08. The summed E-state index contributed by atoms with van der Waals surface area (Å²) in [5, 5.41) is 2.08. The van der Waals surface area contributed by atoms with Crippen LogP contribution in [0.2, 0.25) is 0 Å². The highest BCUT2D eigenvalue weighted by Crippen LogP contribution is 2.34. The van der Waals surface area contributed by atoms with Crippen molar-refractivity contribution in [2.45, 2.75) is 19.6 Å². The van der Waals surface area contributed by atoms with Crippen LogP contribution in [-0.2, 0) is 29.1 Å². The molecule has 0 aliphatic heterocycles. The van der Waals surface area contributed by atoms with Crippen LogP contribution in [0.5, 0.6) is 11.5 Å². The first-order chi connectivity index (χ1) is 18.6. The summed E-state index contributed by atoms with van der Waals surface area (Å²) in [4.78, 5) is 20.6. The number of ether oxygens (including phenoxy) is 3. The molecular weight excluding hydrogens is 502 g/mol. The summed E-state index contributed by atoms with van der Waals surface area (Å²) < 4.78 is 24.3. The largest absolute Gasteiger partial charge is 0.497 e. The molecule has 3 heterocycles. The summed E-state index contributed by atoms with van der Waals surface area (Å²) >= 11 is 1.56. The molecule has 3 aromatic heterocycles. The molecule has 0 unspecified atom stereocenters. The molecule has 1 amide bonds. The molecule has 0 saturated carbocycles. The normalized spacial score (nSPS) is 11.1. The second kappa shape index (κ2) is 12.0. The Balaban J connectivity index is 1.30. The summed E-state index contributed by atoms with van der Waals surface area (Å²) in [6.07, 6.45) is 4.27. The quantitative estimate of drug-likeness (QED) is 0.213. The molecule has 5 rings (SSSR count). The Kier molecular flexibility index (Phi) is 8.06. The summed E-state index contributed by atoms with van der Waals surface area (Å²) in [5.41, 5.74) is 3.75. The van der Waals surface area contributed by atoms with E-state index in [1.807, 2.05) is 66.9 Å². The average molecular weight is 532 g/mol. The van der Waals surface area contributed by atoms with Gasteiger partial charge in [-0.05, 0) is 35.9 Å². The van der Waals surface area contributed by atoms with Gasteiger partial charge in [0.1, 0.15) is 23.9 Å². The lowest BCUT2D eigenvalue weighted by atomic mass is 10.1. The lowest BCUT2D eigenvalue weighted by molar-refractivity contribution is -0.137. The van der Waals surface area contributed by atoms with Crippen molar-refractivity contribution in [1.82, 2.24) is 14.3 Å². The van der Waals surface area contributed by atoms with Gasteiger partial charge < -0.3 is 23.5 Å². The van der Waals surface area contributed by atoms with Gasteiger partial charge >= 0.3 is 0 Å². The van der Waals surface area contributed by atoms with Crippen LogP contribution in [0.1, 0.15) is 17.0 Å². The van der Waals surface area contributed by atoms with Gasteiger partial charge in [0.25, 0.3) is 0 Å². The average Bonchev–Trinajstić information content (AvgIpc) is 3.70. The van der Waals surface area contributed by atoms with Crippen molar-refractivity contribution >= 4 is 22.2 Å². The minimum Gasteiger partial charge on any atom is -0.497 e. The van der Waals surface area contributed by atoms with Crippen molar-refractivity contribution < 1.29 is 23.4 Å². The fraction of sp³-hybridized carbons (Fsp3) is 0.241. The zero-order chi connectivity index (χ0) is 26.3. The molecule has 8 nitrogen and oxygen atoms in total. The van der Waals surface area contributed by atoms with Crippen LogP contribution in [0, 0.1) is 0 Å². The topological polar surface area (TPSA) is 78.4 Å². The summed E-state index contributed by atoms with van der Waals surface area (Å²) in [6, 6.07) is 19.2. The number of fused-ring (bicyclic) bond motifs is 1. The number of thiazole rings is 1. The first-order valence-corrected chi connectivity index (χ1v) is 13.1. The number of imidazole rings is 1. The number of amides is 1. The summed E-state index contributed by atoms with van der Waals surface area (Å²) in [7, 11) is 3.28. The van der Waals surface area contributed by atoms with Gasteiger partial charge in [0, 0.05) is 35.8 Å². The van der Waals surface area contributed by atoms with E-state index in [0.717, 1.165) is 44.7 Å². The van der Waals surface area contributed by atoms with Crippen LogP contribution < -0.4 is 9.47 Å². The molecule has 38 heavy (non-hydrogen) atoms. The number of hydrogen-bond acceptors (Lipinski definition) is 7. The van der Waals surface area contributed by atoms with E-state index in [9.17, 15) is 4.79 Å². The maximum absolute atomic E-state index is 13.1. The number of benzene rings is 2. The zero-order valence-corrected chi connectivity index (χ0v) is 22.1. The van der Waals surface area contributed by atoms with Gasteiger partial charge in [-0.2, -0.15) is 0 Å². The standard InChI is InChI=1S/C29H29N3O5S/c1-34-23-10-11-27(35-2)25(15-23)26-17-32-22(20-38-29(32)30-26)12-13-31(16-24-9-6-14-37-24)28(33)19-36-18-21-7-4-3-5-8-21/h3-11,14-15,17,20H,12-13,16,18-19H2,1-2H3. The van der Waals surface area contributed by atoms with E-state index >= 15 is 0 Å². The van der Waals surface area contributed by atoms with Crippen molar-refractivity contribution in [1.29, 1.82) is 0 Å². The number of hydrogen-bond donors (Lipinski definition) is 0.